The van der Waals surface area contributed by atoms with Crippen molar-refractivity contribution in [1.29, 1.82) is 0 Å². The zero-order chi connectivity index (χ0) is 27.6. The second-order valence-corrected chi connectivity index (χ2v) is 13.1. The number of aromatic nitrogens is 3. The highest BCUT2D eigenvalue weighted by Crippen LogP contribution is 2.33. The maximum atomic E-state index is 13.4. The summed E-state index contributed by atoms with van der Waals surface area (Å²) in [6, 6.07) is 11.8. The van der Waals surface area contributed by atoms with Crippen molar-refractivity contribution in [3.63, 3.8) is 0 Å². The lowest BCUT2D eigenvalue weighted by molar-refractivity contribution is -0.126. The highest BCUT2D eigenvalue weighted by molar-refractivity contribution is 7.89. The first-order valence-corrected chi connectivity index (χ1v) is 15.3. The topological polar surface area (TPSA) is 109 Å². The van der Waals surface area contributed by atoms with E-state index in [0.717, 1.165) is 32.4 Å². The van der Waals surface area contributed by atoms with Gasteiger partial charge in [0.15, 0.2) is 0 Å². The lowest BCUT2D eigenvalue weighted by Crippen LogP contribution is -2.57. The molecule has 3 aromatic rings. The third kappa shape index (κ3) is 6.19. The molecule has 2 aromatic carbocycles. The number of nitrogens with zero attached hydrogens (tertiary/aromatic N) is 4. The smallest absolute Gasteiger partial charge is 0.243 e. The van der Waals surface area contributed by atoms with Gasteiger partial charge in [0.2, 0.25) is 15.9 Å². The molecule has 39 heavy (non-hydrogen) atoms. The molecule has 2 N–H and O–H groups in total. The molecule has 0 radical (unpaired) electrons. The average molecular weight is 571 g/mol. The molecule has 2 aliphatic rings. The predicted octanol–water partition coefficient (Wildman–Crippen LogP) is 3.33. The van der Waals surface area contributed by atoms with E-state index in [1.54, 1.807) is 0 Å². The first-order valence-electron chi connectivity index (χ1n) is 13.5. The molecule has 208 valence electrons. The minimum atomic E-state index is -3.90. The van der Waals surface area contributed by atoms with Crippen LogP contribution in [0.3, 0.4) is 0 Å². The fourth-order valence-corrected chi connectivity index (χ4v) is 7.12. The number of halogens is 1. The number of sulfonamides is 1. The van der Waals surface area contributed by atoms with Gasteiger partial charge in [-0.1, -0.05) is 48.9 Å². The molecule has 0 saturated carbocycles. The molecule has 0 spiro atoms. The molecule has 9 nitrogen and oxygen atoms in total. The molecule has 5 rings (SSSR count). The number of nitrogens with one attached hydrogen (secondary N) is 2. The summed E-state index contributed by atoms with van der Waals surface area (Å²) in [7, 11) is -3.90. The standard InChI is InChI=1S/C28H35ClN6O3S/c1-19(2)16-30-17-20-6-11-25-21(14-20)4-3-5-26(25)34-18-23(32-33-34)15-27-28(36)31-12-13-35(27)39(37,38)24-9-7-22(29)8-10-24/h6-11,14,18-19,26-27,30H,3-5,12-13,15-17H2,1-2H3,(H,31,36)/t26-,27+/m0/s1. The summed E-state index contributed by atoms with van der Waals surface area (Å²) in [6.45, 7) is 6.67. The van der Waals surface area contributed by atoms with E-state index in [0.29, 0.717) is 16.6 Å². The predicted molar refractivity (Wildman–Crippen MR) is 150 cm³/mol. The fraction of sp³-hybridized carbons (Fsp3) is 0.464. The van der Waals surface area contributed by atoms with Crippen molar-refractivity contribution < 1.29 is 13.2 Å². The summed E-state index contributed by atoms with van der Waals surface area (Å²) in [5, 5.41) is 15.5. The molecule has 1 aliphatic heterocycles. The summed E-state index contributed by atoms with van der Waals surface area (Å²) in [5.74, 6) is 0.271. The van der Waals surface area contributed by atoms with Gasteiger partial charge in [-0.15, -0.1) is 5.10 Å². The highest BCUT2D eigenvalue weighted by Gasteiger charge is 2.39. The van der Waals surface area contributed by atoms with Gasteiger partial charge in [0, 0.05) is 37.3 Å². The molecule has 2 atom stereocenters. The minimum Gasteiger partial charge on any atom is -0.353 e. The average Bonchev–Trinajstić information content (AvgIpc) is 3.38. The van der Waals surface area contributed by atoms with Gasteiger partial charge >= 0.3 is 0 Å². The Kier molecular flexibility index (Phi) is 8.37. The molecule has 11 heteroatoms. The van der Waals surface area contributed by atoms with Crippen molar-refractivity contribution in [3.05, 3.63) is 76.1 Å². The number of rotatable bonds is 9. The van der Waals surface area contributed by atoms with Crippen LogP contribution >= 0.6 is 11.6 Å². The van der Waals surface area contributed by atoms with Crippen LogP contribution in [0.5, 0.6) is 0 Å². The van der Waals surface area contributed by atoms with E-state index >= 15 is 0 Å². The number of amides is 1. The van der Waals surface area contributed by atoms with E-state index in [4.69, 9.17) is 11.6 Å². The SMILES string of the molecule is CC(C)CNCc1ccc2c(c1)CCC[C@@H]2n1cc(C[C@@H]2C(=O)NCCN2S(=O)(=O)c2ccc(Cl)cc2)nn1. The van der Waals surface area contributed by atoms with Crippen LogP contribution in [-0.4, -0.2) is 59.3 Å². The van der Waals surface area contributed by atoms with Gasteiger partial charge in [0.25, 0.3) is 0 Å². The van der Waals surface area contributed by atoms with Crippen molar-refractivity contribution in [3.8, 4) is 0 Å². The largest absolute Gasteiger partial charge is 0.353 e. The number of piperazine rings is 1. The van der Waals surface area contributed by atoms with Crippen molar-refractivity contribution >= 4 is 27.5 Å². The number of hydrogen-bond acceptors (Lipinski definition) is 6. The maximum Gasteiger partial charge on any atom is 0.243 e. The van der Waals surface area contributed by atoms with Gasteiger partial charge in [0.1, 0.15) is 6.04 Å². The van der Waals surface area contributed by atoms with E-state index < -0.39 is 16.1 Å². The Morgan fingerprint density at radius 3 is 2.74 bits per heavy atom. The van der Waals surface area contributed by atoms with Crippen molar-refractivity contribution in [2.24, 2.45) is 5.92 Å². The van der Waals surface area contributed by atoms with Crippen molar-refractivity contribution in [2.75, 3.05) is 19.6 Å². The van der Waals surface area contributed by atoms with Crippen LogP contribution in [0.1, 0.15) is 55.1 Å². The Labute approximate surface area is 235 Å². The van der Waals surface area contributed by atoms with Gasteiger partial charge in [-0.25, -0.2) is 13.1 Å². The molecule has 1 aromatic heterocycles. The molecule has 1 aliphatic carbocycles. The lowest BCUT2D eigenvalue weighted by Gasteiger charge is -2.33. The number of aryl methyl sites for hydroxylation is 1. The normalized spacial score (nSPS) is 20.2. The second kappa shape index (κ2) is 11.8. The third-order valence-corrected chi connectivity index (χ3v) is 9.53. The van der Waals surface area contributed by atoms with Crippen LogP contribution in [0.25, 0.3) is 0 Å². The van der Waals surface area contributed by atoms with E-state index in [1.807, 2.05) is 10.9 Å². The van der Waals surface area contributed by atoms with Crippen LogP contribution in [0.4, 0.5) is 0 Å². The molecule has 1 fully saturated rings. The van der Waals surface area contributed by atoms with Gasteiger partial charge in [-0.05, 0) is 72.7 Å². The highest BCUT2D eigenvalue weighted by atomic mass is 35.5. The first-order chi connectivity index (χ1) is 18.7. The van der Waals surface area contributed by atoms with Gasteiger partial charge in [-0.2, -0.15) is 4.31 Å². The summed E-state index contributed by atoms with van der Waals surface area (Å²) in [4.78, 5) is 13.0. The molecule has 0 unspecified atom stereocenters. The van der Waals surface area contributed by atoms with Gasteiger partial charge < -0.3 is 10.6 Å². The Balaban J connectivity index is 1.33. The van der Waals surface area contributed by atoms with Crippen LogP contribution in [0, 0.1) is 5.92 Å². The zero-order valence-electron chi connectivity index (χ0n) is 22.3. The third-order valence-electron chi connectivity index (χ3n) is 7.35. The minimum absolute atomic E-state index is 0.0572. The molecule has 0 bridgehead atoms. The molecular formula is C28H35ClN6O3S. The van der Waals surface area contributed by atoms with Crippen molar-refractivity contribution in [2.45, 2.75) is 63.1 Å². The number of carbonyl (C=O) groups excluding carboxylic acids is 1. The van der Waals surface area contributed by atoms with Crippen LogP contribution in [-0.2, 0) is 34.2 Å². The Morgan fingerprint density at radius 2 is 1.97 bits per heavy atom. The van der Waals surface area contributed by atoms with Crippen LogP contribution < -0.4 is 10.6 Å². The van der Waals surface area contributed by atoms with Crippen LogP contribution in [0.2, 0.25) is 5.02 Å². The quantitative estimate of drug-likeness (QED) is 0.408. The molecule has 2 heterocycles. The van der Waals surface area contributed by atoms with E-state index in [2.05, 4.69) is 53.0 Å². The number of benzene rings is 2. The summed E-state index contributed by atoms with van der Waals surface area (Å²) >= 11 is 5.95. The second-order valence-electron chi connectivity index (χ2n) is 10.7. The number of hydrogen-bond donors (Lipinski definition) is 2. The van der Waals surface area contributed by atoms with E-state index in [1.165, 1.54) is 45.3 Å². The number of carbonyl (C=O) groups is 1. The first kappa shape index (κ1) is 27.8. The Hall–Kier alpha value is -2.79. The maximum absolute atomic E-state index is 13.4. The summed E-state index contributed by atoms with van der Waals surface area (Å²) < 4.78 is 30.0. The lowest BCUT2D eigenvalue weighted by atomic mass is 9.86. The van der Waals surface area contributed by atoms with Gasteiger partial charge in [0.05, 0.1) is 16.6 Å². The summed E-state index contributed by atoms with van der Waals surface area (Å²) in [5.41, 5.74) is 4.43. The zero-order valence-corrected chi connectivity index (χ0v) is 23.9. The van der Waals surface area contributed by atoms with Gasteiger partial charge in [-0.3, -0.25) is 4.79 Å². The molecule has 1 amide bonds. The number of fused-ring (bicyclic) bond motifs is 1. The molecular weight excluding hydrogens is 536 g/mol. The molecule has 1 saturated heterocycles. The van der Waals surface area contributed by atoms with E-state index in [9.17, 15) is 13.2 Å². The Morgan fingerprint density at radius 1 is 1.18 bits per heavy atom. The fourth-order valence-electron chi connectivity index (χ4n) is 5.41. The van der Waals surface area contributed by atoms with Crippen molar-refractivity contribution in [1.82, 2.24) is 29.9 Å². The Bertz CT molecular complexity index is 1420. The van der Waals surface area contributed by atoms with Crippen LogP contribution in [0.15, 0.2) is 53.6 Å². The monoisotopic (exact) mass is 570 g/mol. The van der Waals surface area contributed by atoms with E-state index in [-0.39, 0.29) is 36.4 Å². The summed E-state index contributed by atoms with van der Waals surface area (Å²) in [6.07, 6.45) is 5.02.